The smallest absolute Gasteiger partial charge is 0.254 e. The third-order valence-electron chi connectivity index (χ3n) is 8.30. The Hall–Kier alpha value is -3.69. The minimum absolute atomic E-state index is 0.160. The summed E-state index contributed by atoms with van der Waals surface area (Å²) in [5.74, 6) is -0.616. The van der Waals surface area contributed by atoms with E-state index in [4.69, 9.17) is 21.1 Å². The summed E-state index contributed by atoms with van der Waals surface area (Å²) in [6.07, 6.45) is 1.54. The van der Waals surface area contributed by atoms with Gasteiger partial charge in [-0.25, -0.2) is 0 Å². The van der Waals surface area contributed by atoms with Crippen molar-refractivity contribution < 1.29 is 19.1 Å². The van der Waals surface area contributed by atoms with Crippen molar-refractivity contribution in [2.75, 3.05) is 7.11 Å². The quantitative estimate of drug-likeness (QED) is 0.129. The number of amides is 2. The standard InChI is InChI=1S/C33H24ClIN2O4/c1-40-26-15-19(14-25(35)31(26)41-17-18-10-12-20(34)13-11-18)16-36-37-32(38)29-27-21-6-2-3-7-22(21)28(30(29)33(37)39)24-9-5-4-8-23(24)27/h2-16,27-30H,17H2,1H3/b36-16-/t27?,28?,29-,30-/m0/s1. The second kappa shape index (κ2) is 10.3. The molecule has 3 aliphatic carbocycles. The zero-order chi connectivity index (χ0) is 28.2. The highest BCUT2D eigenvalue weighted by atomic mass is 127. The van der Waals surface area contributed by atoms with Crippen molar-refractivity contribution in [2.24, 2.45) is 16.9 Å². The number of ether oxygens (including phenoxy) is 2. The molecule has 0 unspecified atom stereocenters. The van der Waals surface area contributed by atoms with Crippen molar-refractivity contribution in [1.29, 1.82) is 0 Å². The molecule has 0 aromatic heterocycles. The van der Waals surface area contributed by atoms with Crippen LogP contribution in [0.15, 0.2) is 90.0 Å². The van der Waals surface area contributed by atoms with Crippen LogP contribution in [0.2, 0.25) is 5.02 Å². The number of carbonyl (C=O) groups is 2. The van der Waals surface area contributed by atoms with Gasteiger partial charge < -0.3 is 9.47 Å². The fourth-order valence-corrected chi connectivity index (χ4v) is 7.50. The number of halogens is 2. The highest BCUT2D eigenvalue weighted by molar-refractivity contribution is 14.1. The Morgan fingerprint density at radius 2 is 1.39 bits per heavy atom. The number of hydrazone groups is 1. The summed E-state index contributed by atoms with van der Waals surface area (Å²) in [6, 6.07) is 27.5. The molecule has 0 N–H and O–H groups in total. The molecule has 2 bridgehead atoms. The van der Waals surface area contributed by atoms with Crippen molar-refractivity contribution in [3.63, 3.8) is 0 Å². The van der Waals surface area contributed by atoms with Crippen molar-refractivity contribution in [3.8, 4) is 11.5 Å². The molecule has 0 spiro atoms. The van der Waals surface area contributed by atoms with E-state index in [1.165, 1.54) is 0 Å². The molecule has 8 rings (SSSR count). The minimum atomic E-state index is -0.465. The van der Waals surface area contributed by atoms with Crippen LogP contribution in [0.5, 0.6) is 11.5 Å². The molecule has 1 fully saturated rings. The maximum absolute atomic E-state index is 13.8. The van der Waals surface area contributed by atoms with Gasteiger partial charge in [-0.15, -0.1) is 0 Å². The van der Waals surface area contributed by atoms with E-state index in [0.29, 0.717) is 28.7 Å². The van der Waals surface area contributed by atoms with Gasteiger partial charge in [0, 0.05) is 16.9 Å². The lowest BCUT2D eigenvalue weighted by molar-refractivity contribution is -0.139. The topological polar surface area (TPSA) is 68.2 Å². The van der Waals surface area contributed by atoms with E-state index in [1.807, 2.05) is 54.6 Å². The maximum Gasteiger partial charge on any atom is 0.254 e. The van der Waals surface area contributed by atoms with Gasteiger partial charge in [-0.2, -0.15) is 10.1 Å². The molecule has 41 heavy (non-hydrogen) atoms. The van der Waals surface area contributed by atoms with Crippen LogP contribution in [0.25, 0.3) is 0 Å². The van der Waals surface area contributed by atoms with Crippen LogP contribution in [0.1, 0.15) is 45.2 Å². The lowest BCUT2D eigenvalue weighted by Gasteiger charge is -2.45. The van der Waals surface area contributed by atoms with Gasteiger partial charge in [0.25, 0.3) is 11.8 Å². The van der Waals surface area contributed by atoms with E-state index in [-0.39, 0.29) is 23.7 Å². The van der Waals surface area contributed by atoms with Crippen LogP contribution in [-0.4, -0.2) is 30.1 Å². The predicted octanol–water partition coefficient (Wildman–Crippen LogP) is 6.76. The highest BCUT2D eigenvalue weighted by Crippen LogP contribution is 2.61. The van der Waals surface area contributed by atoms with Gasteiger partial charge in [-0.3, -0.25) is 9.59 Å². The number of rotatable bonds is 6. The van der Waals surface area contributed by atoms with E-state index < -0.39 is 11.8 Å². The molecule has 2 atom stereocenters. The number of imide groups is 1. The molecule has 6 nitrogen and oxygen atoms in total. The molecule has 8 heteroatoms. The first-order valence-corrected chi connectivity index (χ1v) is 14.8. The van der Waals surface area contributed by atoms with Crippen molar-refractivity contribution in [1.82, 2.24) is 5.01 Å². The van der Waals surface area contributed by atoms with E-state index in [0.717, 1.165) is 36.4 Å². The molecule has 4 aromatic rings. The number of nitrogens with zero attached hydrogens (tertiary/aromatic N) is 2. The summed E-state index contributed by atoms with van der Waals surface area (Å²) in [5.41, 5.74) is 6.21. The number of benzene rings is 4. The van der Waals surface area contributed by atoms with Gasteiger partial charge in [-0.1, -0.05) is 72.3 Å². The van der Waals surface area contributed by atoms with E-state index in [2.05, 4.69) is 52.0 Å². The van der Waals surface area contributed by atoms with Gasteiger partial charge in [0.1, 0.15) is 6.61 Å². The van der Waals surface area contributed by atoms with Crippen molar-refractivity contribution in [2.45, 2.75) is 18.4 Å². The zero-order valence-electron chi connectivity index (χ0n) is 22.0. The molecule has 1 saturated heterocycles. The Morgan fingerprint density at radius 3 is 1.90 bits per heavy atom. The van der Waals surface area contributed by atoms with Gasteiger partial charge in [0.05, 0.1) is 28.7 Å². The van der Waals surface area contributed by atoms with Crippen LogP contribution in [0.4, 0.5) is 0 Å². The number of hydrogen-bond donors (Lipinski definition) is 0. The molecule has 1 heterocycles. The van der Waals surface area contributed by atoms with Crippen LogP contribution >= 0.6 is 34.2 Å². The summed E-state index contributed by atoms with van der Waals surface area (Å²) in [7, 11) is 1.57. The van der Waals surface area contributed by atoms with Gasteiger partial charge in [-0.05, 0) is 80.2 Å². The highest BCUT2D eigenvalue weighted by Gasteiger charge is 2.61. The van der Waals surface area contributed by atoms with Crippen molar-refractivity contribution in [3.05, 3.63) is 127 Å². The lowest BCUT2D eigenvalue weighted by Crippen LogP contribution is -2.41. The van der Waals surface area contributed by atoms with Gasteiger partial charge in [0.2, 0.25) is 0 Å². The van der Waals surface area contributed by atoms with Crippen LogP contribution < -0.4 is 9.47 Å². The molecule has 1 aliphatic heterocycles. The fourth-order valence-electron chi connectivity index (χ4n) is 6.59. The van der Waals surface area contributed by atoms with Gasteiger partial charge >= 0.3 is 0 Å². The molecule has 0 radical (unpaired) electrons. The monoisotopic (exact) mass is 674 g/mol. The first kappa shape index (κ1) is 26.2. The second-order valence-electron chi connectivity index (χ2n) is 10.4. The van der Waals surface area contributed by atoms with E-state index >= 15 is 0 Å². The lowest BCUT2D eigenvalue weighted by atomic mass is 9.55. The largest absolute Gasteiger partial charge is 0.493 e. The van der Waals surface area contributed by atoms with Crippen LogP contribution in [-0.2, 0) is 16.2 Å². The Bertz CT molecular complexity index is 1620. The Kier molecular flexibility index (Phi) is 6.59. The minimum Gasteiger partial charge on any atom is -0.493 e. The van der Waals surface area contributed by atoms with Crippen molar-refractivity contribution >= 4 is 52.2 Å². The average molecular weight is 675 g/mol. The van der Waals surface area contributed by atoms with E-state index in [1.54, 1.807) is 19.4 Å². The maximum atomic E-state index is 13.8. The fraction of sp³-hybridized carbons (Fsp3) is 0.182. The molecule has 4 aromatic carbocycles. The third-order valence-corrected chi connectivity index (χ3v) is 9.35. The predicted molar refractivity (Wildman–Crippen MR) is 164 cm³/mol. The molecular weight excluding hydrogens is 651 g/mol. The summed E-state index contributed by atoms with van der Waals surface area (Å²) < 4.78 is 12.5. The summed E-state index contributed by atoms with van der Waals surface area (Å²) in [5, 5.41) is 6.19. The number of carbonyl (C=O) groups excluding carboxylic acids is 2. The average Bonchev–Trinajstić information content (AvgIpc) is 3.25. The second-order valence-corrected chi connectivity index (χ2v) is 12.0. The van der Waals surface area contributed by atoms with E-state index in [9.17, 15) is 9.59 Å². The van der Waals surface area contributed by atoms with Gasteiger partial charge in [0.15, 0.2) is 11.5 Å². The summed E-state index contributed by atoms with van der Waals surface area (Å²) in [4.78, 5) is 27.6. The SMILES string of the molecule is COc1cc(/C=N\N2C(=O)[C@H]3C4c5ccccc5C(c5ccccc54)[C@@H]3C2=O)cc(I)c1OCc1ccc(Cl)cc1. The molecule has 0 saturated carbocycles. The Labute approximate surface area is 256 Å². The molecule has 4 aliphatic rings. The summed E-state index contributed by atoms with van der Waals surface area (Å²) in [6.45, 7) is 0.351. The normalized spacial score (nSPS) is 22.1. The number of methoxy groups -OCH3 is 1. The Balaban J connectivity index is 1.17. The molecular formula is C33H24ClIN2O4. The van der Waals surface area contributed by atoms with Crippen LogP contribution in [0, 0.1) is 15.4 Å². The Morgan fingerprint density at radius 1 is 0.854 bits per heavy atom. The number of hydrogen-bond acceptors (Lipinski definition) is 5. The third kappa shape index (κ3) is 4.25. The molecule has 204 valence electrons. The zero-order valence-corrected chi connectivity index (χ0v) is 24.9. The first-order chi connectivity index (χ1) is 20.0. The molecule has 2 amide bonds. The van der Waals surface area contributed by atoms with Crippen LogP contribution in [0.3, 0.4) is 0 Å². The summed E-state index contributed by atoms with van der Waals surface area (Å²) >= 11 is 8.17. The first-order valence-electron chi connectivity index (χ1n) is 13.3.